The lowest BCUT2D eigenvalue weighted by atomic mass is 10.1. The van der Waals surface area contributed by atoms with Gasteiger partial charge in [-0.2, -0.15) is 0 Å². The third-order valence-corrected chi connectivity index (χ3v) is 1.91. The van der Waals surface area contributed by atoms with Crippen LogP contribution in [0.2, 0.25) is 0 Å². The highest BCUT2D eigenvalue weighted by atomic mass is 16.4. The van der Waals surface area contributed by atoms with Gasteiger partial charge in [0.1, 0.15) is 0 Å². The predicted molar refractivity (Wildman–Crippen MR) is 55.3 cm³/mol. The van der Waals surface area contributed by atoms with Gasteiger partial charge in [-0.3, -0.25) is 4.79 Å². The van der Waals surface area contributed by atoms with E-state index in [1.165, 1.54) is 13.8 Å². The Morgan fingerprint density at radius 1 is 1.20 bits per heavy atom. The minimum Gasteiger partial charge on any atom is -0.478 e. The molecule has 0 unspecified atom stereocenters. The molecule has 0 saturated carbocycles. The van der Waals surface area contributed by atoms with Gasteiger partial charge in [0.2, 0.25) is 5.91 Å². The van der Waals surface area contributed by atoms with Crippen LogP contribution in [-0.2, 0) is 9.59 Å². The third-order valence-electron chi connectivity index (χ3n) is 1.91. The average Bonchev–Trinajstić information content (AvgIpc) is 2.10. The topological polar surface area (TPSA) is 86.6 Å². The van der Waals surface area contributed by atoms with Crippen molar-refractivity contribution in [1.29, 1.82) is 0 Å². The summed E-state index contributed by atoms with van der Waals surface area (Å²) in [5.41, 5.74) is -0.859. The molecule has 0 aliphatic heterocycles. The largest absolute Gasteiger partial charge is 0.478 e. The SMILES string of the molecule is CC(C(=O)O)=C(C)C(=O)NCC(C)(C)O. The molecule has 0 rings (SSSR count). The minimum atomic E-state index is -1.12. The summed E-state index contributed by atoms with van der Waals surface area (Å²) in [5, 5.41) is 20.4. The molecule has 0 spiro atoms. The second-order valence-corrected chi connectivity index (χ2v) is 4.05. The quantitative estimate of drug-likeness (QED) is 0.588. The molecule has 5 nitrogen and oxygen atoms in total. The molecule has 0 heterocycles. The second-order valence-electron chi connectivity index (χ2n) is 4.05. The van der Waals surface area contributed by atoms with Crippen molar-refractivity contribution < 1.29 is 19.8 Å². The molecule has 0 aromatic heterocycles. The monoisotopic (exact) mass is 215 g/mol. The van der Waals surface area contributed by atoms with Gasteiger partial charge in [0.15, 0.2) is 0 Å². The van der Waals surface area contributed by atoms with Crippen LogP contribution in [0.3, 0.4) is 0 Å². The van der Waals surface area contributed by atoms with Gasteiger partial charge in [-0.05, 0) is 27.7 Å². The van der Waals surface area contributed by atoms with Gasteiger partial charge < -0.3 is 15.5 Å². The number of nitrogens with one attached hydrogen (secondary N) is 1. The average molecular weight is 215 g/mol. The molecule has 3 N–H and O–H groups in total. The van der Waals surface area contributed by atoms with Crippen LogP contribution in [0, 0.1) is 0 Å². The van der Waals surface area contributed by atoms with E-state index in [2.05, 4.69) is 5.32 Å². The Morgan fingerprint density at radius 3 is 2.00 bits per heavy atom. The van der Waals surface area contributed by atoms with E-state index in [0.717, 1.165) is 0 Å². The number of aliphatic hydroxyl groups is 1. The van der Waals surface area contributed by atoms with Crippen LogP contribution in [-0.4, -0.2) is 34.2 Å². The Morgan fingerprint density at radius 2 is 1.67 bits per heavy atom. The minimum absolute atomic E-state index is 0.00301. The first-order chi connectivity index (χ1) is 6.65. The van der Waals surface area contributed by atoms with Crippen molar-refractivity contribution in [2.45, 2.75) is 33.3 Å². The smallest absolute Gasteiger partial charge is 0.331 e. The molecule has 0 bridgehead atoms. The third kappa shape index (κ3) is 5.17. The normalized spacial score (nSPS) is 13.1. The summed E-state index contributed by atoms with van der Waals surface area (Å²) < 4.78 is 0. The molecule has 0 aliphatic carbocycles. The summed E-state index contributed by atoms with van der Waals surface area (Å²) in [6.45, 7) is 5.98. The van der Waals surface area contributed by atoms with Crippen molar-refractivity contribution in [3.63, 3.8) is 0 Å². The highest BCUT2D eigenvalue weighted by Crippen LogP contribution is 2.04. The van der Waals surface area contributed by atoms with Gasteiger partial charge in [-0.1, -0.05) is 0 Å². The Kier molecular flexibility index (Phi) is 4.48. The fourth-order valence-electron chi connectivity index (χ4n) is 0.760. The maximum absolute atomic E-state index is 11.4. The summed E-state index contributed by atoms with van der Waals surface area (Å²) in [6, 6.07) is 0. The van der Waals surface area contributed by atoms with Gasteiger partial charge in [0, 0.05) is 17.7 Å². The standard InChI is InChI=1S/C10H17NO4/c1-6(7(2)9(13)14)8(12)11-5-10(3,4)15/h15H,5H2,1-4H3,(H,11,12)(H,13,14). The molecule has 1 amide bonds. The van der Waals surface area contributed by atoms with Crippen LogP contribution in [0.1, 0.15) is 27.7 Å². The van der Waals surface area contributed by atoms with Crippen molar-refractivity contribution >= 4 is 11.9 Å². The first-order valence-corrected chi connectivity index (χ1v) is 4.56. The Hall–Kier alpha value is -1.36. The number of carboxylic acid groups (broad SMARTS) is 1. The van der Waals surface area contributed by atoms with E-state index in [-0.39, 0.29) is 17.7 Å². The number of carbonyl (C=O) groups is 2. The predicted octanol–water partition coefficient (Wildman–Crippen LogP) is 0.294. The summed E-state index contributed by atoms with van der Waals surface area (Å²) >= 11 is 0. The van der Waals surface area contributed by atoms with E-state index in [4.69, 9.17) is 5.11 Å². The lowest BCUT2D eigenvalue weighted by molar-refractivity contribution is -0.133. The fraction of sp³-hybridized carbons (Fsp3) is 0.600. The maximum Gasteiger partial charge on any atom is 0.331 e. The van der Waals surface area contributed by atoms with Gasteiger partial charge in [-0.15, -0.1) is 0 Å². The summed E-state index contributed by atoms with van der Waals surface area (Å²) in [5.74, 6) is -1.59. The van der Waals surface area contributed by atoms with Gasteiger partial charge >= 0.3 is 5.97 Å². The van der Waals surface area contributed by atoms with Gasteiger partial charge in [0.05, 0.1) is 5.60 Å². The first kappa shape index (κ1) is 13.6. The maximum atomic E-state index is 11.4. The van der Waals surface area contributed by atoms with E-state index in [0.29, 0.717) is 0 Å². The van der Waals surface area contributed by atoms with Crippen molar-refractivity contribution in [1.82, 2.24) is 5.32 Å². The molecular weight excluding hydrogens is 198 g/mol. The summed E-state index contributed by atoms with van der Waals surface area (Å²) in [6.07, 6.45) is 0. The highest BCUT2D eigenvalue weighted by Gasteiger charge is 2.16. The van der Waals surface area contributed by atoms with Crippen LogP contribution in [0.25, 0.3) is 0 Å². The molecule has 0 aromatic rings. The number of hydrogen-bond acceptors (Lipinski definition) is 3. The van der Waals surface area contributed by atoms with E-state index in [1.54, 1.807) is 13.8 Å². The molecule has 0 aliphatic rings. The van der Waals surface area contributed by atoms with Gasteiger partial charge in [-0.25, -0.2) is 4.79 Å². The zero-order valence-corrected chi connectivity index (χ0v) is 9.42. The van der Waals surface area contributed by atoms with Gasteiger partial charge in [0.25, 0.3) is 0 Å². The van der Waals surface area contributed by atoms with E-state index < -0.39 is 17.5 Å². The molecule has 0 radical (unpaired) electrons. The van der Waals surface area contributed by atoms with Crippen LogP contribution in [0.5, 0.6) is 0 Å². The van der Waals surface area contributed by atoms with E-state index >= 15 is 0 Å². The fourth-order valence-corrected chi connectivity index (χ4v) is 0.760. The van der Waals surface area contributed by atoms with Crippen LogP contribution < -0.4 is 5.32 Å². The second kappa shape index (κ2) is 4.93. The number of aliphatic carboxylic acids is 1. The number of hydrogen-bond donors (Lipinski definition) is 3. The van der Waals surface area contributed by atoms with Crippen molar-refractivity contribution in [2.75, 3.05) is 6.54 Å². The molecule has 86 valence electrons. The van der Waals surface area contributed by atoms with Crippen LogP contribution >= 0.6 is 0 Å². The van der Waals surface area contributed by atoms with Crippen molar-refractivity contribution in [3.8, 4) is 0 Å². The molecule has 0 atom stereocenters. The molecule has 0 saturated heterocycles. The van der Waals surface area contributed by atoms with E-state index in [1.807, 2.05) is 0 Å². The molecule has 15 heavy (non-hydrogen) atoms. The zero-order valence-electron chi connectivity index (χ0n) is 9.42. The number of rotatable bonds is 4. The molecular formula is C10H17NO4. The summed E-state index contributed by atoms with van der Waals surface area (Å²) in [7, 11) is 0. The van der Waals surface area contributed by atoms with Crippen molar-refractivity contribution in [3.05, 3.63) is 11.1 Å². The number of carbonyl (C=O) groups excluding carboxylic acids is 1. The molecule has 0 fully saturated rings. The summed E-state index contributed by atoms with van der Waals surface area (Å²) in [4.78, 5) is 22.0. The molecule has 5 heteroatoms. The lowest BCUT2D eigenvalue weighted by Crippen LogP contribution is -2.38. The number of carboxylic acids is 1. The Labute approximate surface area is 88.8 Å². The first-order valence-electron chi connectivity index (χ1n) is 4.56. The zero-order chi connectivity index (χ0) is 12.2. The van der Waals surface area contributed by atoms with E-state index in [9.17, 15) is 14.7 Å². The van der Waals surface area contributed by atoms with Crippen LogP contribution in [0.15, 0.2) is 11.1 Å². The highest BCUT2D eigenvalue weighted by molar-refractivity contribution is 6.01. The Bertz CT molecular complexity index is 299. The van der Waals surface area contributed by atoms with Crippen molar-refractivity contribution in [2.24, 2.45) is 0 Å². The number of amides is 1. The lowest BCUT2D eigenvalue weighted by Gasteiger charge is -2.17. The Balaban J connectivity index is 4.48. The van der Waals surface area contributed by atoms with Crippen LogP contribution in [0.4, 0.5) is 0 Å². The molecule has 0 aromatic carbocycles.